The minimum Gasteiger partial charge on any atom is -0.378 e. The summed E-state index contributed by atoms with van der Waals surface area (Å²) < 4.78 is 5.97. The second kappa shape index (κ2) is 14.3. The molecule has 0 rings (SSSR count). The third-order valence-corrected chi connectivity index (χ3v) is 4.63. The third kappa shape index (κ3) is 10.4. The topological polar surface area (TPSA) is 9.23 Å². The van der Waals surface area contributed by atoms with E-state index in [0.29, 0.717) is 0 Å². The maximum atomic E-state index is 5.97. The molecule has 0 amide bonds. The number of unbranched alkanes of at least 4 members (excludes halogenated alkanes) is 5. The van der Waals surface area contributed by atoms with Crippen LogP contribution in [-0.2, 0) is 4.74 Å². The summed E-state index contributed by atoms with van der Waals surface area (Å²) in [4.78, 5) is 0. The van der Waals surface area contributed by atoms with Gasteiger partial charge in [-0.15, -0.1) is 6.58 Å². The number of rotatable bonds is 11. The van der Waals surface area contributed by atoms with E-state index in [9.17, 15) is 0 Å². The fourth-order valence-corrected chi connectivity index (χ4v) is 2.98. The second-order valence-corrected chi connectivity index (χ2v) is 7.41. The van der Waals surface area contributed by atoms with Gasteiger partial charge < -0.3 is 4.74 Å². The maximum absolute atomic E-state index is 5.97. The Balaban J connectivity index is 0. The summed E-state index contributed by atoms with van der Waals surface area (Å²) >= 11 is 0. The van der Waals surface area contributed by atoms with Gasteiger partial charge in [0.05, 0.1) is 5.60 Å². The van der Waals surface area contributed by atoms with Gasteiger partial charge >= 0.3 is 0 Å². The molecule has 0 bridgehead atoms. The van der Waals surface area contributed by atoms with Crippen LogP contribution in [-0.4, -0.2) is 12.7 Å². The molecule has 1 nitrogen and oxygen atoms in total. The van der Waals surface area contributed by atoms with Gasteiger partial charge in [0.15, 0.2) is 0 Å². The maximum Gasteiger partial charge on any atom is 0.0726 e. The van der Waals surface area contributed by atoms with Gasteiger partial charge in [-0.1, -0.05) is 92.6 Å². The molecule has 1 atom stereocenters. The summed E-state index contributed by atoms with van der Waals surface area (Å²) in [5.41, 5.74) is 0.313. The standard InChI is InChI=1S/C17H36O.C4H8/c1-7-9-10-11-12-13-15-17(18-6,14-8-2)16(3,4)5;1-3-4-2/h7-15H2,1-6H3;3H,1,4H2,2H3. The molecule has 0 aliphatic heterocycles. The first-order chi connectivity index (χ1) is 10.3. The fraction of sp³-hybridized carbons (Fsp3) is 0.905. The van der Waals surface area contributed by atoms with Crippen LogP contribution in [0.5, 0.6) is 0 Å². The predicted octanol–water partition coefficient (Wildman–Crippen LogP) is 7.55. The molecule has 0 aliphatic carbocycles. The van der Waals surface area contributed by atoms with Crippen LogP contribution in [0.15, 0.2) is 12.7 Å². The predicted molar refractivity (Wildman–Crippen MR) is 103 cm³/mol. The largest absolute Gasteiger partial charge is 0.378 e. The van der Waals surface area contributed by atoms with Gasteiger partial charge in [0.1, 0.15) is 0 Å². The van der Waals surface area contributed by atoms with Crippen molar-refractivity contribution in [2.45, 2.75) is 111 Å². The van der Waals surface area contributed by atoms with Crippen LogP contribution in [0.4, 0.5) is 0 Å². The van der Waals surface area contributed by atoms with Crippen LogP contribution in [0.25, 0.3) is 0 Å². The highest BCUT2D eigenvalue weighted by Gasteiger charge is 2.40. The van der Waals surface area contributed by atoms with Crippen molar-refractivity contribution >= 4 is 0 Å². The van der Waals surface area contributed by atoms with Gasteiger partial charge in [-0.25, -0.2) is 0 Å². The molecule has 0 radical (unpaired) electrons. The molecule has 0 spiro atoms. The smallest absolute Gasteiger partial charge is 0.0726 e. The first-order valence-corrected chi connectivity index (χ1v) is 9.51. The SMILES string of the molecule is C=CCC.CCCCCCCCC(CCC)(OC)C(C)(C)C. The first-order valence-electron chi connectivity index (χ1n) is 9.51. The molecule has 0 heterocycles. The molecule has 0 aromatic carbocycles. The van der Waals surface area contributed by atoms with E-state index < -0.39 is 0 Å². The number of hydrogen-bond acceptors (Lipinski definition) is 1. The van der Waals surface area contributed by atoms with Crippen molar-refractivity contribution in [2.75, 3.05) is 7.11 Å². The highest BCUT2D eigenvalue weighted by molar-refractivity contribution is 4.91. The average Bonchev–Trinajstić information content (AvgIpc) is 2.48. The van der Waals surface area contributed by atoms with E-state index in [1.807, 2.05) is 13.2 Å². The van der Waals surface area contributed by atoms with Gasteiger partial charge in [-0.2, -0.15) is 0 Å². The molecule has 1 heteroatoms. The third-order valence-electron chi connectivity index (χ3n) is 4.63. The monoisotopic (exact) mass is 312 g/mol. The second-order valence-electron chi connectivity index (χ2n) is 7.41. The van der Waals surface area contributed by atoms with E-state index in [0.717, 1.165) is 6.42 Å². The zero-order valence-electron chi connectivity index (χ0n) is 16.8. The Morgan fingerprint density at radius 2 is 1.32 bits per heavy atom. The number of ether oxygens (including phenoxy) is 1. The molecular weight excluding hydrogens is 268 g/mol. The Labute approximate surface area is 141 Å². The number of methoxy groups -OCH3 is 1. The van der Waals surface area contributed by atoms with Gasteiger partial charge in [0.2, 0.25) is 0 Å². The summed E-state index contributed by atoms with van der Waals surface area (Å²) in [6, 6.07) is 0. The van der Waals surface area contributed by atoms with E-state index in [4.69, 9.17) is 4.74 Å². The van der Waals surface area contributed by atoms with Crippen LogP contribution >= 0.6 is 0 Å². The van der Waals surface area contributed by atoms with Crippen molar-refractivity contribution in [1.29, 1.82) is 0 Å². The van der Waals surface area contributed by atoms with Crippen molar-refractivity contribution in [1.82, 2.24) is 0 Å². The molecule has 0 aliphatic rings. The molecule has 134 valence electrons. The minimum atomic E-state index is 0.0759. The lowest BCUT2D eigenvalue weighted by Crippen LogP contribution is -2.44. The van der Waals surface area contributed by atoms with Crippen molar-refractivity contribution < 1.29 is 4.74 Å². The van der Waals surface area contributed by atoms with E-state index in [2.05, 4.69) is 48.1 Å². The minimum absolute atomic E-state index is 0.0759. The van der Waals surface area contributed by atoms with E-state index in [1.165, 1.54) is 57.8 Å². The average molecular weight is 313 g/mol. The van der Waals surface area contributed by atoms with Crippen LogP contribution in [0, 0.1) is 5.41 Å². The highest BCUT2D eigenvalue weighted by atomic mass is 16.5. The Morgan fingerprint density at radius 3 is 1.68 bits per heavy atom. The quantitative estimate of drug-likeness (QED) is 0.282. The van der Waals surface area contributed by atoms with Crippen LogP contribution in [0.3, 0.4) is 0 Å². The molecule has 22 heavy (non-hydrogen) atoms. The molecule has 0 fully saturated rings. The van der Waals surface area contributed by atoms with E-state index in [1.54, 1.807) is 0 Å². The Hall–Kier alpha value is -0.300. The van der Waals surface area contributed by atoms with E-state index >= 15 is 0 Å². The van der Waals surface area contributed by atoms with Crippen LogP contribution < -0.4 is 0 Å². The van der Waals surface area contributed by atoms with Crippen molar-refractivity contribution in [3.05, 3.63) is 12.7 Å². The first kappa shape index (κ1) is 24.0. The number of allylic oxidation sites excluding steroid dienone is 1. The lowest BCUT2D eigenvalue weighted by atomic mass is 9.71. The Bertz CT molecular complexity index is 239. The zero-order valence-corrected chi connectivity index (χ0v) is 16.8. The highest BCUT2D eigenvalue weighted by Crippen LogP contribution is 2.41. The summed E-state index contributed by atoms with van der Waals surface area (Å²) in [7, 11) is 1.90. The fourth-order valence-electron chi connectivity index (χ4n) is 2.98. The van der Waals surface area contributed by atoms with Crippen molar-refractivity contribution in [3.63, 3.8) is 0 Å². The Kier molecular flexibility index (Phi) is 15.6. The van der Waals surface area contributed by atoms with Gasteiger partial charge in [0.25, 0.3) is 0 Å². The number of hydrogen-bond donors (Lipinski definition) is 0. The summed E-state index contributed by atoms with van der Waals surface area (Å²) in [5.74, 6) is 0. The molecule has 0 saturated carbocycles. The Morgan fingerprint density at radius 1 is 0.818 bits per heavy atom. The lowest BCUT2D eigenvalue weighted by molar-refractivity contribution is -0.105. The van der Waals surface area contributed by atoms with Crippen molar-refractivity contribution in [2.24, 2.45) is 5.41 Å². The zero-order chi connectivity index (χ0) is 17.5. The van der Waals surface area contributed by atoms with Crippen molar-refractivity contribution in [3.8, 4) is 0 Å². The molecule has 0 saturated heterocycles. The molecule has 1 unspecified atom stereocenters. The molecular formula is C21H44O. The van der Waals surface area contributed by atoms with Crippen LogP contribution in [0.1, 0.15) is 106 Å². The van der Waals surface area contributed by atoms with Gasteiger partial charge in [-0.3, -0.25) is 0 Å². The van der Waals surface area contributed by atoms with Gasteiger partial charge in [-0.05, 0) is 24.7 Å². The van der Waals surface area contributed by atoms with E-state index in [-0.39, 0.29) is 11.0 Å². The molecule has 0 aromatic rings. The van der Waals surface area contributed by atoms with Crippen LogP contribution in [0.2, 0.25) is 0 Å². The lowest BCUT2D eigenvalue weighted by Gasteiger charge is -2.44. The summed E-state index contributed by atoms with van der Waals surface area (Å²) in [5, 5.41) is 0. The summed E-state index contributed by atoms with van der Waals surface area (Å²) in [6.07, 6.45) is 14.8. The normalized spacial score (nSPS) is 14.0. The van der Waals surface area contributed by atoms with Gasteiger partial charge in [0, 0.05) is 7.11 Å². The summed E-state index contributed by atoms with van der Waals surface area (Å²) in [6.45, 7) is 17.0. The molecule has 0 aromatic heterocycles. The molecule has 0 N–H and O–H groups in total.